The quantitative estimate of drug-likeness (QED) is 0.803. The number of ether oxygens (including phenoxy) is 1. The van der Waals surface area contributed by atoms with Crippen molar-refractivity contribution in [1.82, 2.24) is 10.6 Å². The predicted molar refractivity (Wildman–Crippen MR) is 115 cm³/mol. The molecule has 1 unspecified atom stereocenters. The highest BCUT2D eigenvalue weighted by Gasteiger charge is 2.29. The van der Waals surface area contributed by atoms with E-state index in [1.807, 2.05) is 33.0 Å². The Kier molecular flexibility index (Phi) is 6.54. The molecular formula is C23H29N3O3. The molecule has 154 valence electrons. The van der Waals surface area contributed by atoms with Crippen LogP contribution >= 0.6 is 0 Å². The van der Waals surface area contributed by atoms with Crippen molar-refractivity contribution in [3.8, 4) is 11.1 Å². The maximum Gasteiger partial charge on any atom is 0.407 e. The topological polar surface area (TPSA) is 70.7 Å². The molecular weight excluding hydrogens is 366 g/mol. The van der Waals surface area contributed by atoms with Crippen molar-refractivity contribution in [1.29, 1.82) is 0 Å². The first-order valence-electron chi connectivity index (χ1n) is 10.0. The molecule has 6 heteroatoms. The summed E-state index contributed by atoms with van der Waals surface area (Å²) in [6.45, 7) is 6.59. The number of hydrogen-bond acceptors (Lipinski definition) is 4. The summed E-state index contributed by atoms with van der Waals surface area (Å²) in [5, 5.41) is 6.11. The minimum absolute atomic E-state index is 0.00127. The van der Waals surface area contributed by atoms with Crippen LogP contribution in [-0.2, 0) is 16.1 Å². The van der Waals surface area contributed by atoms with E-state index in [0.29, 0.717) is 13.0 Å². The smallest absolute Gasteiger partial charge is 0.407 e. The first kappa shape index (κ1) is 20.9. The summed E-state index contributed by atoms with van der Waals surface area (Å²) in [5.74, 6) is -0.00127. The number of carbonyl (C=O) groups is 2. The summed E-state index contributed by atoms with van der Waals surface area (Å²) in [6, 6.07) is 14.2. The summed E-state index contributed by atoms with van der Waals surface area (Å²) >= 11 is 0. The van der Waals surface area contributed by atoms with Crippen LogP contribution in [0, 0.1) is 0 Å². The highest BCUT2D eigenvalue weighted by molar-refractivity contribution is 5.93. The van der Waals surface area contributed by atoms with Gasteiger partial charge in [0.05, 0.1) is 12.1 Å². The Morgan fingerprint density at radius 2 is 1.83 bits per heavy atom. The third kappa shape index (κ3) is 4.95. The van der Waals surface area contributed by atoms with Crippen molar-refractivity contribution in [2.24, 2.45) is 0 Å². The monoisotopic (exact) mass is 395 g/mol. The molecule has 1 aliphatic rings. The number of amides is 2. The number of hydrogen-bond donors (Lipinski definition) is 2. The second kappa shape index (κ2) is 9.09. The second-order valence-corrected chi connectivity index (χ2v) is 7.61. The summed E-state index contributed by atoms with van der Waals surface area (Å²) in [6.07, 6.45) is 0.0212. The van der Waals surface area contributed by atoms with E-state index < -0.39 is 6.09 Å². The first-order valence-corrected chi connectivity index (χ1v) is 10.0. The highest BCUT2D eigenvalue weighted by Crippen LogP contribution is 2.37. The molecule has 0 aromatic heterocycles. The van der Waals surface area contributed by atoms with E-state index in [-0.39, 0.29) is 18.1 Å². The number of alkyl carbamates (subject to hydrolysis) is 1. The van der Waals surface area contributed by atoms with Crippen LogP contribution in [0.1, 0.15) is 44.4 Å². The van der Waals surface area contributed by atoms with Crippen LogP contribution in [0.25, 0.3) is 11.1 Å². The van der Waals surface area contributed by atoms with Crippen molar-refractivity contribution in [2.45, 2.75) is 45.9 Å². The lowest BCUT2D eigenvalue weighted by atomic mass is 9.92. The van der Waals surface area contributed by atoms with Crippen LogP contribution in [0.5, 0.6) is 0 Å². The summed E-state index contributed by atoms with van der Waals surface area (Å²) < 4.78 is 5.26. The summed E-state index contributed by atoms with van der Waals surface area (Å²) in [4.78, 5) is 26.0. The fourth-order valence-electron chi connectivity index (χ4n) is 3.68. The average Bonchev–Trinajstić information content (AvgIpc) is 2.68. The van der Waals surface area contributed by atoms with Crippen LogP contribution in [0.3, 0.4) is 0 Å². The predicted octanol–water partition coefficient (Wildman–Crippen LogP) is 4.01. The minimum Gasteiger partial charge on any atom is -0.447 e. The fourth-order valence-corrected chi connectivity index (χ4v) is 3.68. The van der Waals surface area contributed by atoms with Gasteiger partial charge >= 0.3 is 6.09 Å². The van der Waals surface area contributed by atoms with Gasteiger partial charge < -0.3 is 20.3 Å². The Hall–Kier alpha value is -2.86. The van der Waals surface area contributed by atoms with Crippen LogP contribution in [0.2, 0.25) is 0 Å². The molecule has 3 rings (SSSR count). The van der Waals surface area contributed by atoms with E-state index in [1.54, 1.807) is 11.8 Å². The summed E-state index contributed by atoms with van der Waals surface area (Å²) in [5.41, 5.74) is 5.14. The molecule has 0 saturated heterocycles. The van der Waals surface area contributed by atoms with Crippen molar-refractivity contribution >= 4 is 17.7 Å². The molecule has 0 radical (unpaired) electrons. The second-order valence-electron chi connectivity index (χ2n) is 7.61. The number of nitrogens with zero attached hydrogens (tertiary/aromatic N) is 1. The molecule has 2 aromatic rings. The molecule has 0 spiro atoms. The number of anilines is 1. The van der Waals surface area contributed by atoms with Gasteiger partial charge in [-0.3, -0.25) is 4.79 Å². The molecule has 2 amide bonds. The fraction of sp³-hybridized carbons (Fsp3) is 0.391. The Bertz CT molecular complexity index is 877. The molecule has 0 saturated carbocycles. The van der Waals surface area contributed by atoms with Gasteiger partial charge in [0.2, 0.25) is 5.91 Å². The van der Waals surface area contributed by atoms with Gasteiger partial charge in [-0.05, 0) is 61.7 Å². The molecule has 6 nitrogen and oxygen atoms in total. The zero-order valence-corrected chi connectivity index (χ0v) is 17.5. The van der Waals surface area contributed by atoms with Crippen LogP contribution in [0.15, 0.2) is 42.5 Å². The normalized spacial score (nSPS) is 15.8. The van der Waals surface area contributed by atoms with Gasteiger partial charge in [0.15, 0.2) is 0 Å². The molecule has 0 bridgehead atoms. The number of rotatable bonds is 5. The van der Waals surface area contributed by atoms with Crippen molar-refractivity contribution in [3.63, 3.8) is 0 Å². The third-order valence-corrected chi connectivity index (χ3v) is 5.02. The molecule has 0 fully saturated rings. The maximum atomic E-state index is 12.2. The largest absolute Gasteiger partial charge is 0.447 e. The standard InChI is InChI=1S/C23H29N3O3/c1-15(2)29-23(28)25-21-11-12-26(16(3)27)22-10-9-19(13-20(21)22)18-7-5-17(6-8-18)14-24-4/h5-10,13,15,21,24H,11-12,14H2,1-4H3,(H,25,28). The van der Waals surface area contributed by atoms with Crippen molar-refractivity contribution < 1.29 is 14.3 Å². The molecule has 2 aromatic carbocycles. The average molecular weight is 396 g/mol. The Morgan fingerprint density at radius 3 is 2.45 bits per heavy atom. The maximum absolute atomic E-state index is 12.2. The Labute approximate surface area is 172 Å². The van der Waals surface area contributed by atoms with E-state index in [1.165, 1.54) is 5.56 Å². The lowest BCUT2D eigenvalue weighted by Crippen LogP contribution is -2.40. The zero-order valence-electron chi connectivity index (χ0n) is 17.5. The SMILES string of the molecule is CNCc1ccc(-c2ccc3c(c2)C(NC(=O)OC(C)C)CCN3C(C)=O)cc1. The van der Waals surface area contributed by atoms with Gasteiger partial charge in [-0.2, -0.15) is 0 Å². The highest BCUT2D eigenvalue weighted by atomic mass is 16.6. The Balaban J connectivity index is 1.93. The van der Waals surface area contributed by atoms with Crippen LogP contribution < -0.4 is 15.5 Å². The van der Waals surface area contributed by atoms with Gasteiger partial charge in [0.25, 0.3) is 0 Å². The van der Waals surface area contributed by atoms with Crippen molar-refractivity contribution in [2.75, 3.05) is 18.5 Å². The van der Waals surface area contributed by atoms with Gasteiger partial charge in [0, 0.05) is 25.7 Å². The third-order valence-electron chi connectivity index (χ3n) is 5.02. The van der Waals surface area contributed by atoms with E-state index in [9.17, 15) is 9.59 Å². The van der Waals surface area contributed by atoms with Gasteiger partial charge in [-0.1, -0.05) is 30.3 Å². The van der Waals surface area contributed by atoms with E-state index in [2.05, 4.69) is 41.0 Å². The van der Waals surface area contributed by atoms with Crippen LogP contribution in [-0.4, -0.2) is 31.7 Å². The first-order chi connectivity index (χ1) is 13.9. The van der Waals surface area contributed by atoms with E-state index in [0.717, 1.165) is 28.9 Å². The number of benzene rings is 2. The molecule has 1 atom stereocenters. The number of nitrogens with one attached hydrogen (secondary N) is 2. The molecule has 1 aliphatic heterocycles. The van der Waals surface area contributed by atoms with Crippen LogP contribution in [0.4, 0.5) is 10.5 Å². The molecule has 0 aliphatic carbocycles. The van der Waals surface area contributed by atoms with E-state index >= 15 is 0 Å². The number of fused-ring (bicyclic) bond motifs is 1. The summed E-state index contributed by atoms with van der Waals surface area (Å²) in [7, 11) is 1.93. The van der Waals surface area contributed by atoms with Gasteiger partial charge in [-0.25, -0.2) is 4.79 Å². The molecule has 2 N–H and O–H groups in total. The lowest BCUT2D eigenvalue weighted by molar-refractivity contribution is -0.116. The van der Waals surface area contributed by atoms with Gasteiger partial charge in [0.1, 0.15) is 0 Å². The number of carbonyl (C=O) groups excluding carboxylic acids is 2. The molecule has 1 heterocycles. The van der Waals surface area contributed by atoms with E-state index in [4.69, 9.17) is 4.74 Å². The minimum atomic E-state index is -0.436. The zero-order chi connectivity index (χ0) is 21.0. The molecule has 29 heavy (non-hydrogen) atoms. The lowest BCUT2D eigenvalue weighted by Gasteiger charge is -2.34. The Morgan fingerprint density at radius 1 is 1.14 bits per heavy atom. The van der Waals surface area contributed by atoms with Crippen molar-refractivity contribution in [3.05, 3.63) is 53.6 Å². The van der Waals surface area contributed by atoms with Gasteiger partial charge in [-0.15, -0.1) is 0 Å².